The first kappa shape index (κ1) is 28.7. The molecule has 0 N–H and O–H groups in total. The number of thiazole rings is 1. The van der Waals surface area contributed by atoms with Gasteiger partial charge < -0.3 is 9.64 Å². The minimum Gasteiger partial charge on any atom is -0.497 e. The maximum Gasteiger partial charge on any atom is 0.228 e. The topological polar surface area (TPSA) is 45.7 Å². The van der Waals surface area contributed by atoms with Gasteiger partial charge in [0.25, 0.3) is 0 Å². The number of halogens is 2. The Bertz CT molecular complexity index is 1060. The zero-order chi connectivity index (χ0) is 23.8. The fourth-order valence-corrected chi connectivity index (χ4v) is 5.90. The minimum absolute atomic E-state index is 0. The summed E-state index contributed by atoms with van der Waals surface area (Å²) in [7, 11) is 1.67. The van der Waals surface area contributed by atoms with Crippen molar-refractivity contribution in [3.8, 4) is 5.75 Å². The zero-order valence-corrected chi connectivity index (χ0v) is 23.4. The summed E-state index contributed by atoms with van der Waals surface area (Å²) in [5.41, 5.74) is 1.96. The van der Waals surface area contributed by atoms with Gasteiger partial charge in [-0.1, -0.05) is 36.8 Å². The van der Waals surface area contributed by atoms with Crippen LogP contribution in [0.4, 0.5) is 5.13 Å². The Morgan fingerprint density at radius 1 is 1.15 bits per heavy atom. The van der Waals surface area contributed by atoms with Gasteiger partial charge in [-0.2, -0.15) is 0 Å². The highest BCUT2D eigenvalue weighted by Gasteiger charge is 2.21. The maximum atomic E-state index is 13.3. The summed E-state index contributed by atoms with van der Waals surface area (Å²) >= 11 is 9.55. The molecular weight excluding hydrogens is 509 g/mol. The Hall–Kier alpha value is -1.51. The summed E-state index contributed by atoms with van der Waals surface area (Å²) in [6.45, 7) is 9.70. The van der Waals surface area contributed by atoms with E-state index in [1.54, 1.807) is 30.2 Å². The average molecular weight is 543 g/mol. The Morgan fingerprint density at radius 3 is 2.50 bits per heavy atom. The molecule has 3 rings (SSSR count). The van der Waals surface area contributed by atoms with Crippen LogP contribution >= 0.6 is 47.1 Å². The summed E-state index contributed by atoms with van der Waals surface area (Å²) in [4.78, 5) is 23.5. The first-order valence-electron chi connectivity index (χ1n) is 11.3. The van der Waals surface area contributed by atoms with Crippen LogP contribution in [0.25, 0.3) is 10.2 Å². The molecule has 2 aromatic carbocycles. The molecule has 5 nitrogen and oxygen atoms in total. The second kappa shape index (κ2) is 14.1. The van der Waals surface area contributed by atoms with Crippen molar-refractivity contribution in [2.24, 2.45) is 0 Å². The largest absolute Gasteiger partial charge is 0.497 e. The van der Waals surface area contributed by atoms with Crippen LogP contribution in [0.5, 0.6) is 5.75 Å². The molecule has 0 aliphatic rings. The first-order chi connectivity index (χ1) is 15.9. The number of benzene rings is 2. The number of hydrogen-bond acceptors (Lipinski definition) is 6. The van der Waals surface area contributed by atoms with Crippen LogP contribution in [0.1, 0.15) is 32.3 Å². The number of fused-ring (bicyclic) bond motifs is 1. The lowest BCUT2D eigenvalue weighted by Gasteiger charge is -2.24. The second-order valence-electron chi connectivity index (χ2n) is 7.77. The molecule has 0 radical (unpaired) electrons. The van der Waals surface area contributed by atoms with Gasteiger partial charge in [0, 0.05) is 29.4 Å². The number of aryl methyl sites for hydroxylation is 1. The zero-order valence-electron chi connectivity index (χ0n) is 20.2. The van der Waals surface area contributed by atoms with E-state index in [1.807, 2.05) is 36.1 Å². The van der Waals surface area contributed by atoms with Gasteiger partial charge in [0.2, 0.25) is 5.91 Å². The van der Waals surface area contributed by atoms with E-state index in [2.05, 4.69) is 30.9 Å². The maximum absolute atomic E-state index is 13.3. The smallest absolute Gasteiger partial charge is 0.228 e. The van der Waals surface area contributed by atoms with E-state index in [9.17, 15) is 4.79 Å². The van der Waals surface area contributed by atoms with Crippen molar-refractivity contribution >= 4 is 68.4 Å². The molecule has 0 bridgehead atoms. The predicted molar refractivity (Wildman–Crippen MR) is 150 cm³/mol. The van der Waals surface area contributed by atoms with Gasteiger partial charge in [-0.05, 0) is 74.1 Å². The molecule has 0 aliphatic heterocycles. The van der Waals surface area contributed by atoms with Gasteiger partial charge in [-0.3, -0.25) is 9.69 Å². The van der Waals surface area contributed by atoms with Crippen molar-refractivity contribution in [1.29, 1.82) is 0 Å². The molecule has 0 atom stereocenters. The molecule has 1 amide bonds. The van der Waals surface area contributed by atoms with Crippen molar-refractivity contribution < 1.29 is 9.53 Å². The number of methoxy groups -OCH3 is 1. The van der Waals surface area contributed by atoms with Crippen LogP contribution < -0.4 is 9.64 Å². The molecule has 1 heterocycles. The van der Waals surface area contributed by atoms with E-state index < -0.39 is 0 Å². The van der Waals surface area contributed by atoms with Gasteiger partial charge in [0.15, 0.2) is 5.13 Å². The van der Waals surface area contributed by atoms with E-state index in [4.69, 9.17) is 21.3 Å². The van der Waals surface area contributed by atoms with Gasteiger partial charge in [0.05, 0.1) is 17.3 Å². The standard InChI is InChI=1S/C25H32ClN3O2S2.ClH/c1-5-28(6-2)13-14-29(25-27-24-18(3)16-19(26)17-22(24)33-25)23(30)8-7-15-32-21-11-9-20(31-4)10-12-21;/h9-12,16-17H,5-8,13-15H2,1-4H3;1H. The van der Waals surface area contributed by atoms with E-state index in [1.165, 1.54) is 4.90 Å². The van der Waals surface area contributed by atoms with Crippen molar-refractivity contribution in [2.75, 3.05) is 43.9 Å². The fourth-order valence-electron chi connectivity index (χ4n) is 3.59. The summed E-state index contributed by atoms with van der Waals surface area (Å²) in [5, 5.41) is 1.46. The number of rotatable bonds is 12. The second-order valence-corrected chi connectivity index (χ2v) is 10.4. The van der Waals surface area contributed by atoms with Gasteiger partial charge in [-0.25, -0.2) is 4.98 Å². The van der Waals surface area contributed by atoms with Crippen LogP contribution in [0.15, 0.2) is 41.3 Å². The normalized spacial score (nSPS) is 11.0. The number of anilines is 1. The molecule has 0 unspecified atom stereocenters. The lowest BCUT2D eigenvalue weighted by Crippen LogP contribution is -2.38. The van der Waals surface area contributed by atoms with Crippen LogP contribution in [-0.2, 0) is 4.79 Å². The number of carbonyl (C=O) groups excluding carboxylic acids is 1. The number of carbonyl (C=O) groups is 1. The third-order valence-corrected chi connectivity index (χ3v) is 7.91. The first-order valence-corrected chi connectivity index (χ1v) is 13.5. The van der Waals surface area contributed by atoms with Crippen LogP contribution in [-0.4, -0.2) is 54.8 Å². The summed E-state index contributed by atoms with van der Waals surface area (Å²) in [5.74, 6) is 1.86. The number of thioether (sulfide) groups is 1. The Balaban J connectivity index is 0.00000408. The summed E-state index contributed by atoms with van der Waals surface area (Å²) in [6.07, 6.45) is 1.31. The average Bonchev–Trinajstić information content (AvgIpc) is 3.24. The molecule has 0 fully saturated rings. The lowest BCUT2D eigenvalue weighted by atomic mass is 10.2. The SMILES string of the molecule is CCN(CC)CCN(C(=O)CCCSc1ccc(OC)cc1)c1nc2c(C)cc(Cl)cc2s1.Cl. The van der Waals surface area contributed by atoms with E-state index in [-0.39, 0.29) is 18.3 Å². The molecule has 34 heavy (non-hydrogen) atoms. The molecule has 9 heteroatoms. The number of aromatic nitrogens is 1. The third kappa shape index (κ3) is 7.75. The lowest BCUT2D eigenvalue weighted by molar-refractivity contribution is -0.118. The minimum atomic E-state index is 0. The van der Waals surface area contributed by atoms with Gasteiger partial charge in [0.1, 0.15) is 5.75 Å². The number of likely N-dealkylation sites (N-methyl/N-ethyl adjacent to an activating group) is 1. The molecule has 1 aromatic heterocycles. The molecule has 186 valence electrons. The number of hydrogen-bond donors (Lipinski definition) is 0. The van der Waals surface area contributed by atoms with Crippen molar-refractivity contribution in [1.82, 2.24) is 9.88 Å². The molecule has 0 spiro atoms. The molecule has 0 aliphatic carbocycles. The van der Waals surface area contributed by atoms with Crippen molar-refractivity contribution in [3.63, 3.8) is 0 Å². The Morgan fingerprint density at radius 2 is 1.85 bits per heavy atom. The monoisotopic (exact) mass is 541 g/mol. The number of ether oxygens (including phenoxy) is 1. The van der Waals surface area contributed by atoms with Crippen LogP contribution in [0.3, 0.4) is 0 Å². The highest BCUT2D eigenvalue weighted by atomic mass is 35.5. The van der Waals surface area contributed by atoms with Crippen LogP contribution in [0, 0.1) is 6.92 Å². The molecular formula is C25H33Cl2N3O2S2. The third-order valence-electron chi connectivity index (χ3n) is 5.57. The number of nitrogens with zero attached hydrogens (tertiary/aromatic N) is 3. The van der Waals surface area contributed by atoms with Crippen LogP contribution in [0.2, 0.25) is 5.02 Å². The molecule has 3 aromatic rings. The van der Waals surface area contributed by atoms with Crippen molar-refractivity contribution in [3.05, 3.63) is 47.0 Å². The molecule has 0 saturated heterocycles. The summed E-state index contributed by atoms with van der Waals surface area (Å²) in [6, 6.07) is 11.9. The van der Waals surface area contributed by atoms with E-state index in [0.29, 0.717) is 18.0 Å². The van der Waals surface area contributed by atoms with Crippen molar-refractivity contribution in [2.45, 2.75) is 38.5 Å². The highest BCUT2D eigenvalue weighted by Crippen LogP contribution is 2.33. The molecule has 0 saturated carbocycles. The highest BCUT2D eigenvalue weighted by molar-refractivity contribution is 7.99. The van der Waals surface area contributed by atoms with Gasteiger partial charge >= 0.3 is 0 Å². The van der Waals surface area contributed by atoms with Gasteiger partial charge in [-0.15, -0.1) is 24.2 Å². The fraction of sp³-hybridized carbons (Fsp3) is 0.440. The van der Waals surface area contributed by atoms with E-state index in [0.717, 1.165) is 58.5 Å². The van der Waals surface area contributed by atoms with E-state index >= 15 is 0 Å². The Labute approximate surface area is 222 Å². The quantitative estimate of drug-likeness (QED) is 0.183. The summed E-state index contributed by atoms with van der Waals surface area (Å²) < 4.78 is 6.23. The number of amides is 1. The predicted octanol–water partition coefficient (Wildman–Crippen LogP) is 6.94. The Kier molecular flexibility index (Phi) is 12.0.